The van der Waals surface area contributed by atoms with Crippen molar-refractivity contribution in [2.24, 2.45) is 0 Å². The van der Waals surface area contributed by atoms with Gasteiger partial charge in [0, 0.05) is 0 Å². The normalized spacial score (nSPS) is 28.8. The smallest absolute Gasteiger partial charge is 0.373 e. The quantitative estimate of drug-likeness (QED) is 0.488. The minimum Gasteiger partial charge on any atom is -0.484 e. The highest BCUT2D eigenvalue weighted by Crippen LogP contribution is 2.12. The maximum absolute atomic E-state index is 10.8. The van der Waals surface area contributed by atoms with Crippen molar-refractivity contribution in [3.63, 3.8) is 0 Å². The number of hydrogen-bond donors (Lipinski definition) is 2. The number of methoxy groups -OCH3 is 1. The van der Waals surface area contributed by atoms with Crippen LogP contribution in [0.3, 0.4) is 0 Å². The van der Waals surface area contributed by atoms with E-state index in [4.69, 9.17) is 14.9 Å². The van der Waals surface area contributed by atoms with Gasteiger partial charge in [-0.1, -0.05) is 0 Å². The molecule has 0 spiro atoms. The summed E-state index contributed by atoms with van der Waals surface area (Å²) in [5, 5.41) is 18.1. The van der Waals surface area contributed by atoms with Gasteiger partial charge in [-0.25, -0.2) is 4.79 Å². The number of aliphatic hydroxyl groups is 2. The van der Waals surface area contributed by atoms with Crippen molar-refractivity contribution in [3.8, 4) is 0 Å². The molecule has 2 N–H and O–H groups in total. The lowest BCUT2D eigenvalue weighted by Gasteiger charge is -2.21. The van der Waals surface area contributed by atoms with Gasteiger partial charge < -0.3 is 19.7 Å². The van der Waals surface area contributed by atoms with E-state index < -0.39 is 18.2 Å². The predicted octanol–water partition coefficient (Wildman–Crippen LogP) is -1.20. The largest absolute Gasteiger partial charge is 0.484 e. The fourth-order valence-electron chi connectivity index (χ4n) is 0.816. The number of ether oxygens (including phenoxy) is 2. The highest BCUT2D eigenvalue weighted by molar-refractivity contribution is 5.86. The molecule has 0 aromatic heterocycles. The van der Waals surface area contributed by atoms with Crippen LogP contribution in [0, 0.1) is 0 Å². The molecule has 0 aromatic carbocycles. The van der Waals surface area contributed by atoms with Gasteiger partial charge in [0.2, 0.25) is 5.76 Å². The van der Waals surface area contributed by atoms with E-state index in [2.05, 4.69) is 4.74 Å². The molecule has 0 radical (unpaired) electrons. The molecule has 1 heterocycles. The van der Waals surface area contributed by atoms with Crippen molar-refractivity contribution >= 4 is 5.97 Å². The topological polar surface area (TPSA) is 76.0 Å². The van der Waals surface area contributed by atoms with Crippen LogP contribution in [-0.4, -0.2) is 42.1 Å². The van der Waals surface area contributed by atoms with E-state index >= 15 is 0 Å². The zero-order chi connectivity index (χ0) is 9.14. The van der Waals surface area contributed by atoms with Crippen LogP contribution >= 0.6 is 0 Å². The summed E-state index contributed by atoms with van der Waals surface area (Å²) >= 11 is 0. The zero-order valence-corrected chi connectivity index (χ0v) is 6.56. The Morgan fingerprint density at radius 3 is 2.92 bits per heavy atom. The van der Waals surface area contributed by atoms with E-state index in [9.17, 15) is 4.79 Å². The second kappa shape index (κ2) is 3.55. The van der Waals surface area contributed by atoms with Crippen LogP contribution in [0.4, 0.5) is 0 Å². The van der Waals surface area contributed by atoms with Crippen molar-refractivity contribution in [2.75, 3.05) is 13.7 Å². The van der Waals surface area contributed by atoms with Gasteiger partial charge in [0.05, 0.1) is 7.11 Å². The summed E-state index contributed by atoms with van der Waals surface area (Å²) in [7, 11) is 1.21. The summed E-state index contributed by atoms with van der Waals surface area (Å²) in [4.78, 5) is 10.8. The van der Waals surface area contributed by atoms with Crippen LogP contribution in [0.1, 0.15) is 0 Å². The monoisotopic (exact) mass is 174 g/mol. The predicted molar refractivity (Wildman–Crippen MR) is 38.1 cm³/mol. The first-order valence-electron chi connectivity index (χ1n) is 3.44. The Kier molecular flexibility index (Phi) is 2.67. The first-order valence-corrected chi connectivity index (χ1v) is 3.44. The van der Waals surface area contributed by atoms with Gasteiger partial charge >= 0.3 is 5.97 Å². The Labute approximate surface area is 69.2 Å². The number of esters is 1. The van der Waals surface area contributed by atoms with Crippen molar-refractivity contribution in [1.29, 1.82) is 0 Å². The molecule has 0 unspecified atom stereocenters. The van der Waals surface area contributed by atoms with Gasteiger partial charge in [0.1, 0.15) is 18.8 Å². The minimum atomic E-state index is -1.06. The maximum atomic E-state index is 10.8. The third kappa shape index (κ3) is 1.75. The van der Waals surface area contributed by atoms with Crippen molar-refractivity contribution < 1.29 is 24.5 Å². The fourth-order valence-corrected chi connectivity index (χ4v) is 0.816. The van der Waals surface area contributed by atoms with E-state index in [1.54, 1.807) is 0 Å². The molecule has 68 valence electrons. The van der Waals surface area contributed by atoms with Gasteiger partial charge in [-0.3, -0.25) is 0 Å². The molecular formula is C7H10O5. The number of carbonyl (C=O) groups is 1. The number of rotatable bonds is 1. The van der Waals surface area contributed by atoms with E-state index in [-0.39, 0.29) is 12.4 Å². The van der Waals surface area contributed by atoms with Gasteiger partial charge in [-0.05, 0) is 6.08 Å². The average Bonchev–Trinajstić information content (AvgIpc) is 2.08. The van der Waals surface area contributed by atoms with Crippen LogP contribution < -0.4 is 0 Å². The van der Waals surface area contributed by atoms with Crippen LogP contribution in [0.25, 0.3) is 0 Å². The van der Waals surface area contributed by atoms with Crippen molar-refractivity contribution in [2.45, 2.75) is 12.2 Å². The molecule has 2 atom stereocenters. The van der Waals surface area contributed by atoms with Gasteiger partial charge in [-0.15, -0.1) is 0 Å². The standard InChI is InChI=1S/C7H10O5/c1-11-7(10)6-2-4(8)5(9)3-12-6/h2,4-5,8-9H,3H2,1H3/t4-,5-/m0/s1. The van der Waals surface area contributed by atoms with E-state index in [1.807, 2.05) is 0 Å². The second-order valence-corrected chi connectivity index (χ2v) is 2.39. The molecule has 5 nitrogen and oxygen atoms in total. The Morgan fingerprint density at radius 1 is 1.75 bits per heavy atom. The summed E-state index contributed by atoms with van der Waals surface area (Å²) in [5.41, 5.74) is 0. The molecule has 0 aromatic rings. The molecule has 1 aliphatic rings. The molecule has 5 heteroatoms. The lowest BCUT2D eigenvalue weighted by atomic mass is 10.1. The lowest BCUT2D eigenvalue weighted by Crippen LogP contribution is -2.34. The van der Waals surface area contributed by atoms with E-state index in [1.165, 1.54) is 7.11 Å². The van der Waals surface area contributed by atoms with Crippen molar-refractivity contribution in [1.82, 2.24) is 0 Å². The van der Waals surface area contributed by atoms with Gasteiger partial charge in [-0.2, -0.15) is 0 Å². The van der Waals surface area contributed by atoms with Crippen molar-refractivity contribution in [3.05, 3.63) is 11.8 Å². The molecule has 0 amide bonds. The summed E-state index contributed by atoms with van der Waals surface area (Å²) < 4.78 is 9.14. The van der Waals surface area contributed by atoms with Gasteiger partial charge in [0.15, 0.2) is 0 Å². The van der Waals surface area contributed by atoms with Crippen LogP contribution in [0.2, 0.25) is 0 Å². The van der Waals surface area contributed by atoms with E-state index in [0.29, 0.717) is 0 Å². The molecule has 0 saturated heterocycles. The molecule has 0 fully saturated rings. The van der Waals surface area contributed by atoms with Crippen LogP contribution in [0.15, 0.2) is 11.8 Å². The second-order valence-electron chi connectivity index (χ2n) is 2.39. The Balaban J connectivity index is 2.68. The molecule has 0 saturated carbocycles. The fraction of sp³-hybridized carbons (Fsp3) is 0.571. The molecular weight excluding hydrogens is 164 g/mol. The Morgan fingerprint density at radius 2 is 2.42 bits per heavy atom. The summed E-state index contributed by atoms with van der Waals surface area (Å²) in [6, 6.07) is 0. The minimum absolute atomic E-state index is 0.0599. The van der Waals surface area contributed by atoms with E-state index in [0.717, 1.165) is 6.08 Å². The first kappa shape index (κ1) is 9.02. The molecule has 12 heavy (non-hydrogen) atoms. The Hall–Kier alpha value is -1.07. The number of aliphatic hydroxyl groups excluding tert-OH is 2. The third-order valence-corrected chi connectivity index (χ3v) is 1.51. The van der Waals surface area contributed by atoms with Gasteiger partial charge in [0.25, 0.3) is 0 Å². The summed E-state index contributed by atoms with van der Waals surface area (Å²) in [6.07, 6.45) is -0.911. The maximum Gasteiger partial charge on any atom is 0.373 e. The molecule has 1 rings (SSSR count). The highest BCUT2D eigenvalue weighted by atomic mass is 16.6. The SMILES string of the molecule is COC(=O)C1=C[C@H](O)[C@@H](O)CO1. The van der Waals surface area contributed by atoms with Crippen LogP contribution in [0.5, 0.6) is 0 Å². The first-order chi connectivity index (χ1) is 5.65. The lowest BCUT2D eigenvalue weighted by molar-refractivity contribution is -0.142. The molecule has 0 bridgehead atoms. The highest BCUT2D eigenvalue weighted by Gasteiger charge is 2.25. The summed E-state index contributed by atoms with van der Waals surface area (Å²) in [5.74, 6) is -0.712. The van der Waals surface area contributed by atoms with Crippen LogP contribution in [-0.2, 0) is 14.3 Å². The Bertz CT molecular complexity index is 210. The zero-order valence-electron chi connectivity index (χ0n) is 6.56. The average molecular weight is 174 g/mol. The number of hydrogen-bond acceptors (Lipinski definition) is 5. The molecule has 0 aliphatic carbocycles. The number of carbonyl (C=O) groups excluding carboxylic acids is 1. The third-order valence-electron chi connectivity index (χ3n) is 1.51. The molecule has 1 aliphatic heterocycles. The summed E-state index contributed by atoms with van der Waals surface area (Å²) in [6.45, 7) is -0.0951.